The number of carbonyl (C=O) groups excluding carboxylic acids is 1. The van der Waals surface area contributed by atoms with Gasteiger partial charge in [-0.25, -0.2) is 0 Å². The van der Waals surface area contributed by atoms with E-state index in [9.17, 15) is 4.79 Å². The van der Waals surface area contributed by atoms with Crippen LogP contribution in [0, 0.1) is 0 Å². The molecule has 0 saturated carbocycles. The van der Waals surface area contributed by atoms with Gasteiger partial charge in [0, 0.05) is 28.5 Å². The van der Waals surface area contributed by atoms with Crippen molar-refractivity contribution in [2.24, 2.45) is 0 Å². The summed E-state index contributed by atoms with van der Waals surface area (Å²) in [5.74, 6) is -0.0485. The summed E-state index contributed by atoms with van der Waals surface area (Å²) in [7, 11) is 2.07. The second kappa shape index (κ2) is 4.87. The molecule has 2 aromatic rings. The lowest BCUT2D eigenvalue weighted by Crippen LogP contribution is -2.36. The lowest BCUT2D eigenvalue weighted by molar-refractivity contribution is 0.0934. The van der Waals surface area contributed by atoms with Crippen LogP contribution in [0.3, 0.4) is 0 Å². The van der Waals surface area contributed by atoms with Crippen molar-refractivity contribution in [3.05, 3.63) is 35.0 Å². The molecule has 1 saturated heterocycles. The first kappa shape index (κ1) is 12.5. The van der Waals surface area contributed by atoms with Crippen molar-refractivity contribution in [2.45, 2.75) is 12.5 Å². The number of likely N-dealkylation sites (tertiary alicyclic amines) is 1. The highest BCUT2D eigenvalue weighted by Crippen LogP contribution is 2.20. The number of likely N-dealkylation sites (N-methyl/N-ethyl adjacent to an activating group) is 1. The summed E-state index contributed by atoms with van der Waals surface area (Å²) in [5.41, 5.74) is 1.52. The molecule has 5 heteroatoms. The van der Waals surface area contributed by atoms with Gasteiger partial charge in [-0.05, 0) is 44.3 Å². The quantitative estimate of drug-likeness (QED) is 0.885. The van der Waals surface area contributed by atoms with Crippen LogP contribution in [0.4, 0.5) is 0 Å². The van der Waals surface area contributed by atoms with E-state index in [4.69, 9.17) is 11.6 Å². The summed E-state index contributed by atoms with van der Waals surface area (Å²) in [6.07, 6.45) is 1.01. The molecule has 2 N–H and O–H groups in total. The molecule has 1 aromatic heterocycles. The largest absolute Gasteiger partial charge is 0.351 e. The van der Waals surface area contributed by atoms with Gasteiger partial charge in [0.2, 0.25) is 0 Å². The van der Waals surface area contributed by atoms with Gasteiger partial charge in [0.1, 0.15) is 5.69 Å². The van der Waals surface area contributed by atoms with Gasteiger partial charge in [-0.15, -0.1) is 0 Å². The summed E-state index contributed by atoms with van der Waals surface area (Å²) >= 11 is 5.94. The van der Waals surface area contributed by atoms with E-state index in [0.29, 0.717) is 10.7 Å². The predicted octanol–water partition coefficient (Wildman–Crippen LogP) is 2.26. The molecule has 1 fully saturated rings. The fraction of sp³-hybridized carbons (Fsp3) is 0.357. The molecule has 1 amide bonds. The van der Waals surface area contributed by atoms with Crippen LogP contribution in [0.5, 0.6) is 0 Å². The molecule has 0 bridgehead atoms. The molecule has 4 nitrogen and oxygen atoms in total. The summed E-state index contributed by atoms with van der Waals surface area (Å²) < 4.78 is 0. The Morgan fingerprint density at radius 3 is 3.05 bits per heavy atom. The fourth-order valence-corrected chi connectivity index (χ4v) is 2.72. The van der Waals surface area contributed by atoms with Crippen LogP contribution in [0.15, 0.2) is 24.3 Å². The minimum absolute atomic E-state index is 0.0485. The summed E-state index contributed by atoms with van der Waals surface area (Å²) in [6.45, 7) is 1.95. The van der Waals surface area contributed by atoms with Crippen molar-refractivity contribution in [2.75, 3.05) is 20.1 Å². The van der Waals surface area contributed by atoms with E-state index in [0.717, 1.165) is 30.4 Å². The Bertz CT molecular complexity index is 622. The zero-order valence-electron chi connectivity index (χ0n) is 10.7. The smallest absolute Gasteiger partial charge is 0.267 e. The molecular weight excluding hydrogens is 262 g/mol. The maximum Gasteiger partial charge on any atom is 0.267 e. The number of H-pyrrole nitrogens is 1. The number of fused-ring (bicyclic) bond motifs is 1. The van der Waals surface area contributed by atoms with Crippen molar-refractivity contribution >= 4 is 28.4 Å². The highest BCUT2D eigenvalue weighted by molar-refractivity contribution is 6.31. The first-order valence-corrected chi connectivity index (χ1v) is 6.77. The molecular formula is C14H16ClN3O. The lowest BCUT2D eigenvalue weighted by atomic mass is 10.2. The van der Waals surface area contributed by atoms with Gasteiger partial charge in [0.05, 0.1) is 0 Å². The van der Waals surface area contributed by atoms with Gasteiger partial charge in [0.15, 0.2) is 0 Å². The first-order chi connectivity index (χ1) is 9.11. The van der Waals surface area contributed by atoms with Gasteiger partial charge in [-0.3, -0.25) is 4.79 Å². The minimum Gasteiger partial charge on any atom is -0.351 e. The first-order valence-electron chi connectivity index (χ1n) is 6.39. The van der Waals surface area contributed by atoms with Crippen molar-refractivity contribution in [1.82, 2.24) is 15.2 Å². The highest BCUT2D eigenvalue weighted by Gasteiger charge is 2.22. The minimum atomic E-state index is -0.0485. The Morgan fingerprint density at radius 1 is 1.47 bits per heavy atom. The Hall–Kier alpha value is -1.52. The molecule has 19 heavy (non-hydrogen) atoms. The number of amides is 1. The maximum absolute atomic E-state index is 12.2. The standard InChI is InChI=1S/C14H16ClN3O/c1-18-5-4-11(8-18)16-14(19)13-7-9-6-10(15)2-3-12(9)17-13/h2-3,6-7,11,17H,4-5,8H2,1H3,(H,16,19)/t11-/m1/s1. The monoisotopic (exact) mass is 277 g/mol. The van der Waals surface area contributed by atoms with Crippen LogP contribution in [0.1, 0.15) is 16.9 Å². The topological polar surface area (TPSA) is 48.1 Å². The average molecular weight is 278 g/mol. The van der Waals surface area contributed by atoms with Gasteiger partial charge < -0.3 is 15.2 Å². The van der Waals surface area contributed by atoms with Crippen molar-refractivity contribution < 1.29 is 4.79 Å². The summed E-state index contributed by atoms with van der Waals surface area (Å²) in [4.78, 5) is 17.5. The molecule has 0 unspecified atom stereocenters. The number of nitrogens with zero attached hydrogens (tertiary/aromatic N) is 1. The molecule has 1 aliphatic heterocycles. The molecule has 0 aliphatic carbocycles. The van der Waals surface area contributed by atoms with E-state index in [1.165, 1.54) is 0 Å². The maximum atomic E-state index is 12.2. The Labute approximate surface area is 116 Å². The van der Waals surface area contributed by atoms with Crippen LogP contribution < -0.4 is 5.32 Å². The molecule has 1 aromatic carbocycles. The predicted molar refractivity (Wildman–Crippen MR) is 76.7 cm³/mol. The zero-order chi connectivity index (χ0) is 13.4. The van der Waals surface area contributed by atoms with E-state index in [1.807, 2.05) is 24.3 Å². The third kappa shape index (κ3) is 2.60. The molecule has 1 aliphatic rings. The van der Waals surface area contributed by atoms with E-state index in [1.54, 1.807) is 0 Å². The molecule has 0 radical (unpaired) electrons. The Kier molecular flexibility index (Phi) is 3.21. The normalized spacial score (nSPS) is 20.0. The molecule has 100 valence electrons. The number of aromatic amines is 1. The second-order valence-electron chi connectivity index (χ2n) is 5.14. The van der Waals surface area contributed by atoms with Gasteiger partial charge in [-0.2, -0.15) is 0 Å². The van der Waals surface area contributed by atoms with Crippen LogP contribution in [0.2, 0.25) is 5.02 Å². The van der Waals surface area contributed by atoms with E-state index < -0.39 is 0 Å². The number of nitrogens with one attached hydrogen (secondary N) is 2. The molecule has 1 atom stereocenters. The Balaban J connectivity index is 1.78. The third-order valence-electron chi connectivity index (χ3n) is 3.55. The van der Waals surface area contributed by atoms with Gasteiger partial charge in [0.25, 0.3) is 5.91 Å². The number of benzene rings is 1. The van der Waals surface area contributed by atoms with Crippen LogP contribution in [0.25, 0.3) is 10.9 Å². The zero-order valence-corrected chi connectivity index (χ0v) is 11.5. The lowest BCUT2D eigenvalue weighted by Gasteiger charge is -2.11. The molecule has 0 spiro atoms. The van der Waals surface area contributed by atoms with E-state index >= 15 is 0 Å². The fourth-order valence-electron chi connectivity index (χ4n) is 2.54. The van der Waals surface area contributed by atoms with Crippen molar-refractivity contribution in [3.8, 4) is 0 Å². The van der Waals surface area contributed by atoms with Crippen molar-refractivity contribution in [3.63, 3.8) is 0 Å². The number of rotatable bonds is 2. The molecule has 3 rings (SSSR count). The average Bonchev–Trinajstić information content (AvgIpc) is 2.95. The number of halogens is 1. The van der Waals surface area contributed by atoms with E-state index in [2.05, 4.69) is 22.2 Å². The van der Waals surface area contributed by atoms with Gasteiger partial charge >= 0.3 is 0 Å². The second-order valence-corrected chi connectivity index (χ2v) is 5.57. The number of hydrogen-bond donors (Lipinski definition) is 2. The van der Waals surface area contributed by atoms with E-state index in [-0.39, 0.29) is 11.9 Å². The Morgan fingerprint density at radius 2 is 2.32 bits per heavy atom. The highest BCUT2D eigenvalue weighted by atomic mass is 35.5. The van der Waals surface area contributed by atoms with Crippen LogP contribution in [-0.4, -0.2) is 42.0 Å². The van der Waals surface area contributed by atoms with Crippen LogP contribution >= 0.6 is 11.6 Å². The van der Waals surface area contributed by atoms with Gasteiger partial charge in [-0.1, -0.05) is 11.6 Å². The number of aromatic nitrogens is 1. The third-order valence-corrected chi connectivity index (χ3v) is 3.79. The number of carbonyl (C=O) groups is 1. The summed E-state index contributed by atoms with van der Waals surface area (Å²) in [6, 6.07) is 7.64. The molecule has 2 heterocycles. The van der Waals surface area contributed by atoms with Crippen molar-refractivity contribution in [1.29, 1.82) is 0 Å². The van der Waals surface area contributed by atoms with Crippen LogP contribution in [-0.2, 0) is 0 Å². The number of hydrogen-bond acceptors (Lipinski definition) is 2. The summed E-state index contributed by atoms with van der Waals surface area (Å²) in [5, 5.41) is 4.69. The SMILES string of the molecule is CN1CC[C@@H](NC(=O)c2cc3cc(Cl)ccc3[nH]2)C1.